The fraction of sp³-hybridized carbons (Fsp3) is 0.233. The van der Waals surface area contributed by atoms with Crippen molar-refractivity contribution in [3.8, 4) is 0 Å². The number of hydrogen-bond donors (Lipinski definition) is 0. The van der Waals surface area contributed by atoms with E-state index in [1.165, 1.54) is 22.3 Å². The van der Waals surface area contributed by atoms with Crippen molar-refractivity contribution in [3.05, 3.63) is 124 Å². The van der Waals surface area contributed by atoms with Crippen molar-refractivity contribution in [3.63, 3.8) is 0 Å². The zero-order valence-electron chi connectivity index (χ0n) is 19.4. The second-order valence-electron chi connectivity index (χ2n) is 8.52. The van der Waals surface area contributed by atoms with E-state index in [0.717, 1.165) is 36.0 Å². The minimum atomic E-state index is -0.145. The highest BCUT2D eigenvalue weighted by Crippen LogP contribution is 2.19. The molecule has 3 aromatic carbocycles. The van der Waals surface area contributed by atoms with Crippen LogP contribution in [0.4, 0.5) is 4.39 Å². The first-order chi connectivity index (χ1) is 15.4. The van der Waals surface area contributed by atoms with E-state index in [9.17, 15) is 4.39 Å². The summed E-state index contributed by atoms with van der Waals surface area (Å²) in [5.74, 6) is -0.145. The Hall–Kier alpha value is -3.26. The highest BCUT2D eigenvalue weighted by molar-refractivity contribution is 6.10. The summed E-state index contributed by atoms with van der Waals surface area (Å²) in [5.41, 5.74) is 8.83. The Morgan fingerprint density at radius 3 is 2.16 bits per heavy atom. The minimum Gasteiger partial charge on any atom is -0.288 e. The van der Waals surface area contributed by atoms with E-state index in [1.807, 2.05) is 25.3 Å². The molecule has 2 heteroatoms. The molecule has 0 aliphatic heterocycles. The first-order valence-electron chi connectivity index (χ1n) is 11.2. The molecule has 0 saturated heterocycles. The summed E-state index contributed by atoms with van der Waals surface area (Å²) in [4.78, 5) is 4.70. The van der Waals surface area contributed by atoms with Gasteiger partial charge in [-0.3, -0.25) is 4.99 Å². The Kier molecular flexibility index (Phi) is 8.33. The van der Waals surface area contributed by atoms with Crippen LogP contribution >= 0.6 is 0 Å². The SMILES string of the molecule is C=C(/C=C(\C=NCc1ccc(C)cc1)c1ccc(C)cc1)CCCc1ccc(F)c(C)c1. The van der Waals surface area contributed by atoms with E-state index in [4.69, 9.17) is 4.99 Å². The maximum Gasteiger partial charge on any atom is 0.126 e. The number of allylic oxidation sites excluding steroid dienone is 3. The monoisotopic (exact) mass is 425 g/mol. The molecule has 0 aliphatic carbocycles. The van der Waals surface area contributed by atoms with Crippen molar-refractivity contribution < 1.29 is 4.39 Å². The van der Waals surface area contributed by atoms with E-state index in [1.54, 1.807) is 6.07 Å². The van der Waals surface area contributed by atoms with Crippen molar-refractivity contribution in [2.45, 2.75) is 46.6 Å². The Balaban J connectivity index is 1.67. The third-order valence-electron chi connectivity index (χ3n) is 5.56. The molecule has 0 bridgehead atoms. The number of nitrogens with zero attached hydrogens (tertiary/aromatic N) is 1. The van der Waals surface area contributed by atoms with Crippen LogP contribution in [-0.4, -0.2) is 6.21 Å². The molecule has 0 N–H and O–H groups in total. The van der Waals surface area contributed by atoms with Gasteiger partial charge in [0.05, 0.1) is 6.54 Å². The smallest absolute Gasteiger partial charge is 0.126 e. The van der Waals surface area contributed by atoms with Gasteiger partial charge in [0.15, 0.2) is 0 Å². The largest absolute Gasteiger partial charge is 0.288 e. The summed E-state index contributed by atoms with van der Waals surface area (Å²) in [6.45, 7) is 10.9. The molecule has 0 aromatic heterocycles. The summed E-state index contributed by atoms with van der Waals surface area (Å²) in [6.07, 6.45) is 6.87. The van der Waals surface area contributed by atoms with E-state index in [-0.39, 0.29) is 5.82 Å². The highest BCUT2D eigenvalue weighted by Gasteiger charge is 2.03. The molecule has 0 spiro atoms. The highest BCUT2D eigenvalue weighted by atomic mass is 19.1. The molecule has 1 nitrogen and oxygen atoms in total. The number of benzene rings is 3. The number of hydrogen-bond acceptors (Lipinski definition) is 1. The number of aryl methyl sites for hydroxylation is 4. The van der Waals surface area contributed by atoms with Crippen LogP contribution < -0.4 is 0 Å². The number of aliphatic imine (C=N–C) groups is 1. The van der Waals surface area contributed by atoms with Crippen molar-refractivity contribution in [1.82, 2.24) is 0 Å². The quantitative estimate of drug-likeness (QED) is 0.243. The Morgan fingerprint density at radius 1 is 0.875 bits per heavy atom. The molecule has 0 aliphatic rings. The molecule has 0 saturated carbocycles. The predicted molar refractivity (Wildman–Crippen MR) is 136 cm³/mol. The Labute approximate surface area is 192 Å². The first kappa shape index (κ1) is 23.4. The van der Waals surface area contributed by atoms with Gasteiger partial charge in [-0.1, -0.05) is 90.0 Å². The molecular formula is C30H32FN. The topological polar surface area (TPSA) is 12.4 Å². The van der Waals surface area contributed by atoms with Crippen LogP contribution in [0.15, 0.2) is 90.0 Å². The van der Waals surface area contributed by atoms with Crippen LogP contribution in [-0.2, 0) is 13.0 Å². The van der Waals surface area contributed by atoms with Gasteiger partial charge in [0, 0.05) is 6.21 Å². The van der Waals surface area contributed by atoms with E-state index in [0.29, 0.717) is 12.1 Å². The third kappa shape index (κ3) is 7.16. The van der Waals surface area contributed by atoms with Crippen LogP contribution in [0.2, 0.25) is 0 Å². The standard InChI is InChI=1S/C30H32FN/c1-22-8-12-27(13-9-22)20-32-21-29(28-15-10-23(2)11-16-28)18-24(3)6-5-7-26-14-17-30(31)25(4)19-26/h8-19,21H,3,5-7,20H2,1-2,4H3/b29-18+,32-21?. The minimum absolute atomic E-state index is 0.145. The average molecular weight is 426 g/mol. The maximum absolute atomic E-state index is 13.5. The molecule has 0 atom stereocenters. The van der Waals surface area contributed by atoms with Crippen LogP contribution in [0.1, 0.15) is 46.2 Å². The number of halogens is 1. The van der Waals surface area contributed by atoms with Crippen molar-refractivity contribution in [2.24, 2.45) is 4.99 Å². The first-order valence-corrected chi connectivity index (χ1v) is 11.2. The van der Waals surface area contributed by atoms with Crippen molar-refractivity contribution in [1.29, 1.82) is 0 Å². The summed E-state index contributed by atoms with van der Waals surface area (Å²) in [7, 11) is 0. The molecule has 0 fully saturated rings. The zero-order valence-corrected chi connectivity index (χ0v) is 19.4. The van der Waals surface area contributed by atoms with Crippen LogP contribution in [0, 0.1) is 26.6 Å². The second kappa shape index (κ2) is 11.4. The fourth-order valence-electron chi connectivity index (χ4n) is 3.56. The molecule has 0 amide bonds. The summed E-state index contributed by atoms with van der Waals surface area (Å²) in [5, 5.41) is 0. The number of rotatable bonds is 9. The van der Waals surface area contributed by atoms with Gasteiger partial charge in [0.2, 0.25) is 0 Å². The average Bonchev–Trinajstić information content (AvgIpc) is 2.77. The van der Waals surface area contributed by atoms with Gasteiger partial charge >= 0.3 is 0 Å². The maximum atomic E-state index is 13.5. The van der Waals surface area contributed by atoms with Gasteiger partial charge in [-0.05, 0) is 73.9 Å². The molecule has 164 valence electrons. The predicted octanol–water partition coefficient (Wildman–Crippen LogP) is 7.98. The third-order valence-corrected chi connectivity index (χ3v) is 5.56. The van der Waals surface area contributed by atoms with E-state index < -0.39 is 0 Å². The molecule has 0 heterocycles. The van der Waals surface area contributed by atoms with E-state index >= 15 is 0 Å². The molecule has 0 radical (unpaired) electrons. The van der Waals surface area contributed by atoms with Crippen molar-refractivity contribution >= 4 is 11.8 Å². The fourth-order valence-corrected chi connectivity index (χ4v) is 3.56. The lowest BCUT2D eigenvalue weighted by Gasteiger charge is -2.07. The molecule has 3 aromatic rings. The zero-order chi connectivity index (χ0) is 22.9. The summed E-state index contributed by atoms with van der Waals surface area (Å²) < 4.78 is 13.5. The molecular weight excluding hydrogens is 393 g/mol. The van der Waals surface area contributed by atoms with Crippen LogP contribution in [0.25, 0.3) is 5.57 Å². The van der Waals surface area contributed by atoms with Crippen molar-refractivity contribution in [2.75, 3.05) is 0 Å². The molecule has 0 unspecified atom stereocenters. The van der Waals surface area contributed by atoms with Gasteiger partial charge in [0.1, 0.15) is 5.82 Å². The molecule has 32 heavy (non-hydrogen) atoms. The lowest BCUT2D eigenvalue weighted by Crippen LogP contribution is -1.92. The van der Waals surface area contributed by atoms with E-state index in [2.05, 4.69) is 75.0 Å². The van der Waals surface area contributed by atoms with Crippen LogP contribution in [0.3, 0.4) is 0 Å². The summed E-state index contributed by atoms with van der Waals surface area (Å²) >= 11 is 0. The van der Waals surface area contributed by atoms with Gasteiger partial charge < -0.3 is 0 Å². The van der Waals surface area contributed by atoms with Gasteiger partial charge in [-0.25, -0.2) is 4.39 Å². The summed E-state index contributed by atoms with van der Waals surface area (Å²) in [6, 6.07) is 22.3. The second-order valence-corrected chi connectivity index (χ2v) is 8.52. The lowest BCUT2D eigenvalue weighted by molar-refractivity contribution is 0.617. The Morgan fingerprint density at radius 2 is 1.50 bits per heavy atom. The van der Waals surface area contributed by atoms with Gasteiger partial charge in [-0.2, -0.15) is 0 Å². The van der Waals surface area contributed by atoms with Gasteiger partial charge in [0.25, 0.3) is 0 Å². The molecule has 3 rings (SSSR count). The van der Waals surface area contributed by atoms with Crippen LogP contribution in [0.5, 0.6) is 0 Å². The normalized spacial score (nSPS) is 11.8. The Bertz CT molecular complexity index is 1100. The van der Waals surface area contributed by atoms with Gasteiger partial charge in [-0.15, -0.1) is 0 Å². The lowest BCUT2D eigenvalue weighted by atomic mass is 9.99.